The van der Waals surface area contributed by atoms with Crippen LogP contribution in [0.4, 0.5) is 35.4 Å². The summed E-state index contributed by atoms with van der Waals surface area (Å²) in [5.74, 6) is 1.04. The van der Waals surface area contributed by atoms with Gasteiger partial charge in [-0.15, -0.1) is 5.10 Å². The zero-order valence-corrected chi connectivity index (χ0v) is 18.6. The van der Waals surface area contributed by atoms with Crippen molar-refractivity contribution in [3.8, 4) is 5.69 Å². The van der Waals surface area contributed by atoms with Crippen molar-refractivity contribution < 1.29 is 23.1 Å². The first-order chi connectivity index (χ1) is 17.3. The van der Waals surface area contributed by atoms with Gasteiger partial charge < -0.3 is 20.2 Å². The lowest BCUT2D eigenvalue weighted by molar-refractivity contribution is -0.137. The predicted octanol–water partition coefficient (Wildman–Crippen LogP) is 3.91. The molecule has 0 spiro atoms. The summed E-state index contributed by atoms with van der Waals surface area (Å²) in [4.78, 5) is 27.7. The number of halogens is 3. The van der Waals surface area contributed by atoms with Gasteiger partial charge in [-0.3, -0.25) is 4.98 Å². The molecular weight excluding hydrogens is 477 g/mol. The van der Waals surface area contributed by atoms with Gasteiger partial charge in [0.25, 0.3) is 0 Å². The van der Waals surface area contributed by atoms with Gasteiger partial charge in [0.1, 0.15) is 11.6 Å². The first-order valence-corrected chi connectivity index (χ1v) is 11.1. The number of amides is 1. The number of nitrogens with one attached hydrogen (secondary N) is 1. The molecule has 0 unspecified atom stereocenters. The molecule has 0 aromatic carbocycles. The van der Waals surface area contributed by atoms with Crippen LogP contribution in [-0.4, -0.2) is 66.0 Å². The van der Waals surface area contributed by atoms with Crippen molar-refractivity contribution in [3.05, 3.63) is 60.7 Å². The highest BCUT2D eigenvalue weighted by Gasteiger charge is 2.46. The molecule has 2 aliphatic rings. The third-order valence-corrected chi connectivity index (χ3v) is 6.57. The molecule has 2 fully saturated rings. The zero-order chi connectivity index (χ0) is 25.0. The number of carbonyl (C=O) groups is 1. The quantitative estimate of drug-likeness (QED) is 0.437. The Morgan fingerprint density at radius 2 is 1.89 bits per heavy atom. The van der Waals surface area contributed by atoms with Gasteiger partial charge in [-0.2, -0.15) is 13.2 Å². The minimum atomic E-state index is -4.49. The van der Waals surface area contributed by atoms with Crippen LogP contribution in [0.5, 0.6) is 0 Å². The highest BCUT2D eigenvalue weighted by Crippen LogP contribution is 2.35. The summed E-state index contributed by atoms with van der Waals surface area (Å²) < 4.78 is 41.1. The van der Waals surface area contributed by atoms with E-state index in [4.69, 9.17) is 0 Å². The van der Waals surface area contributed by atoms with Gasteiger partial charge in [0.05, 0.1) is 35.0 Å². The first kappa shape index (κ1) is 22.1. The van der Waals surface area contributed by atoms with Crippen molar-refractivity contribution in [1.82, 2.24) is 29.6 Å². The summed E-state index contributed by atoms with van der Waals surface area (Å²) in [7, 11) is 0. The van der Waals surface area contributed by atoms with Gasteiger partial charge in [0, 0.05) is 43.1 Å². The molecule has 10 nitrogen and oxygen atoms in total. The SMILES string of the molecule is O=C(O)N1C[C@@H]2C[C@H]1CN2c1cc(-n2nc(Nc3cc(C(F)(F)F)ccn3)c3ccncc32)ccn1. The van der Waals surface area contributed by atoms with E-state index in [2.05, 4.69) is 30.3 Å². The zero-order valence-electron chi connectivity index (χ0n) is 18.6. The molecule has 36 heavy (non-hydrogen) atoms. The number of likely N-dealkylation sites (tertiary alicyclic amines) is 1. The number of alkyl halides is 3. The van der Waals surface area contributed by atoms with Crippen LogP contribution in [-0.2, 0) is 6.18 Å². The molecule has 0 saturated carbocycles. The van der Waals surface area contributed by atoms with Crippen molar-refractivity contribution in [1.29, 1.82) is 0 Å². The summed E-state index contributed by atoms with van der Waals surface area (Å²) in [5, 5.41) is 17.5. The second kappa shape index (κ2) is 8.07. The third kappa shape index (κ3) is 3.72. The maximum Gasteiger partial charge on any atom is 0.416 e. The molecule has 0 radical (unpaired) electrons. The predicted molar refractivity (Wildman–Crippen MR) is 123 cm³/mol. The van der Waals surface area contributed by atoms with Crippen molar-refractivity contribution in [2.75, 3.05) is 23.3 Å². The summed E-state index contributed by atoms with van der Waals surface area (Å²) >= 11 is 0. The molecular formula is C23H19F3N8O2. The molecule has 2 atom stereocenters. The van der Waals surface area contributed by atoms with Crippen LogP contribution in [0.25, 0.3) is 16.6 Å². The average Bonchev–Trinajstić information content (AvgIpc) is 3.57. The standard InChI is InChI=1S/C23H19F3N8O2/c24-23(25,26)13-1-5-28-19(7-13)30-21-17-3-4-27-10-18(17)34(31-21)14-2-6-29-20(9-14)32-11-16-8-15(32)12-33(16)22(35)36/h1-7,9-10,15-16H,8,11-12H2,(H,35,36)(H,28,30,31)/t15-,16-/m0/s1. The van der Waals surface area contributed by atoms with Gasteiger partial charge in [-0.25, -0.2) is 19.4 Å². The van der Waals surface area contributed by atoms with E-state index in [9.17, 15) is 23.1 Å². The summed E-state index contributed by atoms with van der Waals surface area (Å²) in [5.41, 5.74) is 0.510. The number of nitrogens with zero attached hydrogens (tertiary/aromatic N) is 7. The number of hydrogen-bond donors (Lipinski definition) is 2. The van der Waals surface area contributed by atoms with Gasteiger partial charge in [-0.1, -0.05) is 0 Å². The number of anilines is 3. The first-order valence-electron chi connectivity index (χ1n) is 11.1. The molecule has 6 heterocycles. The molecule has 13 heteroatoms. The van der Waals surface area contributed by atoms with E-state index in [1.807, 2.05) is 6.07 Å². The van der Waals surface area contributed by atoms with Crippen molar-refractivity contribution >= 4 is 34.4 Å². The largest absolute Gasteiger partial charge is 0.465 e. The van der Waals surface area contributed by atoms with Crippen LogP contribution in [0.2, 0.25) is 0 Å². The highest BCUT2D eigenvalue weighted by molar-refractivity contribution is 5.92. The third-order valence-electron chi connectivity index (χ3n) is 6.57. The smallest absolute Gasteiger partial charge is 0.416 e. The normalized spacial score (nSPS) is 19.3. The van der Waals surface area contributed by atoms with Gasteiger partial charge in [-0.05, 0) is 30.7 Å². The number of piperazine rings is 1. The van der Waals surface area contributed by atoms with E-state index in [1.54, 1.807) is 35.4 Å². The fraction of sp³-hybridized carbons (Fsp3) is 0.261. The Morgan fingerprint density at radius 1 is 1.06 bits per heavy atom. The van der Waals surface area contributed by atoms with E-state index in [1.165, 1.54) is 4.90 Å². The lowest BCUT2D eigenvalue weighted by atomic mass is 10.2. The molecule has 4 aromatic heterocycles. The minimum Gasteiger partial charge on any atom is -0.465 e. The number of rotatable bonds is 4. The van der Waals surface area contributed by atoms with Crippen LogP contribution < -0.4 is 10.2 Å². The topological polar surface area (TPSA) is 112 Å². The lowest BCUT2D eigenvalue weighted by Crippen LogP contribution is -2.48. The molecule has 2 N–H and O–H groups in total. The Labute approximate surface area is 202 Å². The number of carboxylic acid groups (broad SMARTS) is 1. The van der Waals surface area contributed by atoms with Crippen LogP contribution >= 0.6 is 0 Å². The Morgan fingerprint density at radius 3 is 2.64 bits per heavy atom. The van der Waals surface area contributed by atoms with Gasteiger partial charge >= 0.3 is 12.3 Å². The number of pyridine rings is 3. The number of aromatic nitrogens is 5. The fourth-order valence-electron chi connectivity index (χ4n) is 4.93. The van der Waals surface area contributed by atoms with E-state index in [0.29, 0.717) is 41.3 Å². The second-order valence-corrected chi connectivity index (χ2v) is 8.71. The maximum atomic E-state index is 13.1. The molecule has 1 amide bonds. The van der Waals surface area contributed by atoms with Crippen molar-refractivity contribution in [3.63, 3.8) is 0 Å². The molecule has 2 aliphatic heterocycles. The van der Waals surface area contributed by atoms with E-state index in [-0.39, 0.29) is 17.9 Å². The van der Waals surface area contributed by atoms with E-state index in [0.717, 1.165) is 24.8 Å². The molecule has 0 aliphatic carbocycles. The van der Waals surface area contributed by atoms with Crippen LogP contribution in [0.3, 0.4) is 0 Å². The molecule has 2 bridgehead atoms. The highest BCUT2D eigenvalue weighted by atomic mass is 19.4. The fourth-order valence-corrected chi connectivity index (χ4v) is 4.93. The Balaban J connectivity index is 1.33. The maximum absolute atomic E-state index is 13.1. The van der Waals surface area contributed by atoms with Crippen molar-refractivity contribution in [2.24, 2.45) is 0 Å². The Kier molecular flexibility index (Phi) is 4.95. The van der Waals surface area contributed by atoms with Gasteiger partial charge in [0.2, 0.25) is 0 Å². The van der Waals surface area contributed by atoms with Crippen LogP contribution in [0.1, 0.15) is 12.0 Å². The molecule has 2 saturated heterocycles. The summed E-state index contributed by atoms with van der Waals surface area (Å²) in [6.07, 6.45) is 1.30. The number of fused-ring (bicyclic) bond motifs is 3. The molecule has 184 valence electrons. The van der Waals surface area contributed by atoms with E-state index >= 15 is 0 Å². The van der Waals surface area contributed by atoms with Gasteiger partial charge in [0.15, 0.2) is 5.82 Å². The summed E-state index contributed by atoms with van der Waals surface area (Å²) in [6, 6.07) is 7.17. The van der Waals surface area contributed by atoms with Crippen LogP contribution in [0.15, 0.2) is 55.1 Å². The average molecular weight is 496 g/mol. The Hall–Kier alpha value is -4.42. The second-order valence-electron chi connectivity index (χ2n) is 8.71. The minimum absolute atomic E-state index is 0.0136. The van der Waals surface area contributed by atoms with E-state index < -0.39 is 17.8 Å². The van der Waals surface area contributed by atoms with Crippen LogP contribution in [0, 0.1) is 0 Å². The Bertz CT molecular complexity index is 1470. The number of hydrogen-bond acceptors (Lipinski definition) is 7. The molecule has 6 rings (SSSR count). The lowest BCUT2D eigenvalue weighted by Gasteiger charge is -2.33. The monoisotopic (exact) mass is 496 g/mol. The van der Waals surface area contributed by atoms with Crippen molar-refractivity contribution in [2.45, 2.75) is 24.7 Å². The molecule has 4 aromatic rings. The summed E-state index contributed by atoms with van der Waals surface area (Å²) in [6.45, 7) is 0.988.